The average molecular weight is 297 g/mol. The summed E-state index contributed by atoms with van der Waals surface area (Å²) in [6.45, 7) is 4.59. The van der Waals surface area contributed by atoms with Gasteiger partial charge in [0.15, 0.2) is 5.82 Å². The first-order valence-corrected chi connectivity index (χ1v) is 7.82. The summed E-state index contributed by atoms with van der Waals surface area (Å²) in [6.07, 6.45) is 6.59. The molecule has 1 N–H and O–H groups in total. The van der Waals surface area contributed by atoms with Gasteiger partial charge in [-0.2, -0.15) is 4.98 Å². The Labute approximate surface area is 124 Å². The molecule has 1 aliphatic heterocycles. The highest BCUT2D eigenvalue weighted by Crippen LogP contribution is 2.35. The number of morpholine rings is 1. The molecule has 5 nitrogen and oxygen atoms in total. The molecular weight excluding hydrogens is 276 g/mol. The maximum absolute atomic E-state index is 6.32. The lowest BCUT2D eigenvalue weighted by atomic mass is 10.1. The Bertz CT molecular complexity index is 470. The van der Waals surface area contributed by atoms with Crippen molar-refractivity contribution >= 4 is 23.4 Å². The summed E-state index contributed by atoms with van der Waals surface area (Å²) in [6, 6.07) is 0.412. The van der Waals surface area contributed by atoms with Gasteiger partial charge in [0.2, 0.25) is 5.95 Å². The van der Waals surface area contributed by atoms with Crippen LogP contribution in [0.15, 0.2) is 6.20 Å². The number of nitrogens with one attached hydrogen (secondary N) is 1. The van der Waals surface area contributed by atoms with Crippen LogP contribution in [0.4, 0.5) is 11.8 Å². The zero-order valence-electron chi connectivity index (χ0n) is 11.8. The van der Waals surface area contributed by atoms with Crippen molar-refractivity contribution in [1.82, 2.24) is 9.97 Å². The number of fused-ring (bicyclic) bond motifs is 1. The summed E-state index contributed by atoms with van der Waals surface area (Å²) in [5.41, 5.74) is 0. The van der Waals surface area contributed by atoms with Crippen LogP contribution in [0.3, 0.4) is 0 Å². The van der Waals surface area contributed by atoms with Crippen LogP contribution in [-0.2, 0) is 4.74 Å². The third-order valence-electron chi connectivity index (χ3n) is 4.01. The molecular formula is C14H21ClN4O. The number of hydrogen-bond acceptors (Lipinski definition) is 5. The SMILES string of the molecule is CCCNc1ncc(Cl)c(N2CCOC3CCCC32)n1. The predicted octanol–water partition coefficient (Wildman–Crippen LogP) is 2.71. The molecule has 1 aromatic heterocycles. The van der Waals surface area contributed by atoms with E-state index in [1.165, 1.54) is 6.42 Å². The molecule has 0 bridgehead atoms. The van der Waals surface area contributed by atoms with Gasteiger partial charge in [0.05, 0.1) is 24.9 Å². The first-order chi connectivity index (χ1) is 9.79. The molecule has 2 aliphatic rings. The van der Waals surface area contributed by atoms with E-state index in [0.29, 0.717) is 23.1 Å². The number of nitrogens with zero attached hydrogens (tertiary/aromatic N) is 3. The molecule has 2 atom stereocenters. The lowest BCUT2D eigenvalue weighted by Crippen LogP contribution is -2.49. The second-order valence-corrected chi connectivity index (χ2v) is 5.80. The van der Waals surface area contributed by atoms with E-state index in [1.807, 2.05) is 0 Å². The van der Waals surface area contributed by atoms with Crippen molar-refractivity contribution in [2.75, 3.05) is 29.9 Å². The Morgan fingerprint density at radius 2 is 2.40 bits per heavy atom. The number of halogens is 1. The molecule has 1 saturated heterocycles. The standard InChI is InChI=1S/C14H21ClN4O/c1-2-6-16-14-17-9-10(15)13(18-14)19-7-8-20-12-5-3-4-11(12)19/h9,11-12H,2-8H2,1H3,(H,16,17,18). The van der Waals surface area contributed by atoms with E-state index in [1.54, 1.807) is 6.20 Å². The molecule has 6 heteroatoms. The summed E-state index contributed by atoms with van der Waals surface area (Å²) in [7, 11) is 0. The minimum Gasteiger partial charge on any atom is -0.374 e. The molecule has 2 unspecified atom stereocenters. The van der Waals surface area contributed by atoms with Gasteiger partial charge in [0.1, 0.15) is 5.02 Å². The lowest BCUT2D eigenvalue weighted by molar-refractivity contribution is 0.0253. The Morgan fingerprint density at radius 1 is 1.50 bits per heavy atom. The highest BCUT2D eigenvalue weighted by atomic mass is 35.5. The fourth-order valence-electron chi connectivity index (χ4n) is 3.07. The van der Waals surface area contributed by atoms with Gasteiger partial charge < -0.3 is 15.0 Å². The van der Waals surface area contributed by atoms with Gasteiger partial charge >= 0.3 is 0 Å². The van der Waals surface area contributed by atoms with Crippen LogP contribution in [0.5, 0.6) is 0 Å². The van der Waals surface area contributed by atoms with Crippen LogP contribution in [0.25, 0.3) is 0 Å². The van der Waals surface area contributed by atoms with E-state index in [-0.39, 0.29) is 0 Å². The van der Waals surface area contributed by atoms with Crippen molar-refractivity contribution in [3.05, 3.63) is 11.2 Å². The maximum Gasteiger partial charge on any atom is 0.224 e. The molecule has 2 fully saturated rings. The van der Waals surface area contributed by atoms with Crippen molar-refractivity contribution in [3.63, 3.8) is 0 Å². The highest BCUT2D eigenvalue weighted by Gasteiger charge is 2.37. The van der Waals surface area contributed by atoms with Crippen LogP contribution in [0, 0.1) is 0 Å². The largest absolute Gasteiger partial charge is 0.374 e. The molecule has 0 radical (unpaired) electrons. The zero-order valence-corrected chi connectivity index (χ0v) is 12.6. The first kappa shape index (κ1) is 13.9. The molecule has 1 aromatic rings. The topological polar surface area (TPSA) is 50.3 Å². The number of rotatable bonds is 4. The van der Waals surface area contributed by atoms with E-state index in [9.17, 15) is 0 Å². The van der Waals surface area contributed by atoms with Crippen molar-refractivity contribution in [2.45, 2.75) is 44.8 Å². The van der Waals surface area contributed by atoms with Crippen LogP contribution >= 0.6 is 11.6 Å². The van der Waals surface area contributed by atoms with Gasteiger partial charge in [-0.3, -0.25) is 0 Å². The quantitative estimate of drug-likeness (QED) is 0.926. The monoisotopic (exact) mass is 296 g/mol. The number of aromatic nitrogens is 2. The lowest BCUT2D eigenvalue weighted by Gasteiger charge is -2.38. The van der Waals surface area contributed by atoms with Gasteiger partial charge in [0.25, 0.3) is 0 Å². The van der Waals surface area contributed by atoms with Crippen molar-refractivity contribution < 1.29 is 4.74 Å². The van der Waals surface area contributed by atoms with Crippen molar-refractivity contribution in [2.24, 2.45) is 0 Å². The predicted molar refractivity (Wildman–Crippen MR) is 80.5 cm³/mol. The Hall–Kier alpha value is -1.07. The van der Waals surface area contributed by atoms with E-state index >= 15 is 0 Å². The highest BCUT2D eigenvalue weighted by molar-refractivity contribution is 6.32. The summed E-state index contributed by atoms with van der Waals surface area (Å²) >= 11 is 6.32. The van der Waals surface area contributed by atoms with Gasteiger partial charge in [0, 0.05) is 13.1 Å². The molecule has 1 saturated carbocycles. The fraction of sp³-hybridized carbons (Fsp3) is 0.714. The molecule has 20 heavy (non-hydrogen) atoms. The molecule has 0 aromatic carbocycles. The van der Waals surface area contributed by atoms with Gasteiger partial charge in [-0.25, -0.2) is 4.98 Å². The third-order valence-corrected chi connectivity index (χ3v) is 4.28. The van der Waals surface area contributed by atoms with E-state index in [0.717, 1.165) is 44.8 Å². The van der Waals surface area contributed by atoms with E-state index in [2.05, 4.69) is 27.1 Å². The Balaban J connectivity index is 1.84. The first-order valence-electron chi connectivity index (χ1n) is 7.44. The average Bonchev–Trinajstić information content (AvgIpc) is 2.95. The molecule has 0 amide bonds. The van der Waals surface area contributed by atoms with Crippen LogP contribution in [0.1, 0.15) is 32.6 Å². The number of hydrogen-bond donors (Lipinski definition) is 1. The zero-order chi connectivity index (χ0) is 13.9. The summed E-state index contributed by atoms with van der Waals surface area (Å²) < 4.78 is 5.84. The normalized spacial score (nSPS) is 25.6. The fourth-order valence-corrected chi connectivity index (χ4v) is 3.27. The molecule has 110 valence electrons. The molecule has 0 spiro atoms. The van der Waals surface area contributed by atoms with E-state index < -0.39 is 0 Å². The van der Waals surface area contributed by atoms with E-state index in [4.69, 9.17) is 16.3 Å². The van der Waals surface area contributed by atoms with Gasteiger partial charge in [-0.1, -0.05) is 18.5 Å². The third kappa shape index (κ3) is 2.69. The minimum absolute atomic E-state index is 0.335. The second-order valence-electron chi connectivity index (χ2n) is 5.39. The van der Waals surface area contributed by atoms with Gasteiger partial charge in [-0.05, 0) is 25.7 Å². The number of anilines is 2. The summed E-state index contributed by atoms with van der Waals surface area (Å²) in [5.74, 6) is 1.51. The van der Waals surface area contributed by atoms with Gasteiger partial charge in [-0.15, -0.1) is 0 Å². The smallest absolute Gasteiger partial charge is 0.224 e. The Morgan fingerprint density at radius 3 is 3.25 bits per heavy atom. The molecule has 2 heterocycles. The summed E-state index contributed by atoms with van der Waals surface area (Å²) in [5, 5.41) is 3.85. The number of ether oxygens (including phenoxy) is 1. The maximum atomic E-state index is 6.32. The van der Waals surface area contributed by atoms with Crippen LogP contribution in [-0.4, -0.2) is 41.8 Å². The summed E-state index contributed by atoms with van der Waals surface area (Å²) in [4.78, 5) is 11.2. The van der Waals surface area contributed by atoms with Crippen molar-refractivity contribution in [3.8, 4) is 0 Å². The van der Waals surface area contributed by atoms with Crippen LogP contribution in [0.2, 0.25) is 5.02 Å². The minimum atomic E-state index is 0.335. The Kier molecular flexibility index (Phi) is 4.27. The van der Waals surface area contributed by atoms with Crippen molar-refractivity contribution in [1.29, 1.82) is 0 Å². The molecule has 3 rings (SSSR count). The molecule has 1 aliphatic carbocycles. The second kappa shape index (κ2) is 6.14. The van der Waals surface area contributed by atoms with Crippen LogP contribution < -0.4 is 10.2 Å².